The molecule has 1 N–H and O–H groups in total. The highest BCUT2D eigenvalue weighted by molar-refractivity contribution is 7.80. The lowest BCUT2D eigenvalue weighted by molar-refractivity contribution is -0.124. The summed E-state index contributed by atoms with van der Waals surface area (Å²) in [7, 11) is 0. The lowest BCUT2D eigenvalue weighted by Crippen LogP contribution is -2.44. The van der Waals surface area contributed by atoms with Gasteiger partial charge in [0, 0.05) is 18.8 Å². The van der Waals surface area contributed by atoms with Crippen LogP contribution in [0.15, 0.2) is 48.5 Å². The van der Waals surface area contributed by atoms with E-state index in [4.69, 9.17) is 17.0 Å². The van der Waals surface area contributed by atoms with Gasteiger partial charge in [-0.25, -0.2) is 0 Å². The standard InChI is InChI=1S/C28H36N4O3S/c1-4-35-24-11-7-22(8-12-24)29-26(33)19-25-27(34)32(23-9-5-20(2)6-10-23)28(36)31(25)18-17-30-15-13-21(3)14-16-30/h5-12,21,25H,4,13-19H2,1-3H3,(H,29,33)/t25-/m0/s1. The number of benzene rings is 2. The van der Waals surface area contributed by atoms with E-state index in [9.17, 15) is 9.59 Å². The lowest BCUT2D eigenvalue weighted by atomic mass is 9.99. The van der Waals surface area contributed by atoms with Gasteiger partial charge in [0.1, 0.15) is 11.8 Å². The molecule has 0 aliphatic carbocycles. The van der Waals surface area contributed by atoms with Crippen LogP contribution in [-0.2, 0) is 9.59 Å². The summed E-state index contributed by atoms with van der Waals surface area (Å²) in [5.74, 6) is 1.13. The molecule has 2 fully saturated rings. The Morgan fingerprint density at radius 2 is 1.72 bits per heavy atom. The number of thiocarbonyl (C=S) groups is 1. The van der Waals surface area contributed by atoms with E-state index in [0.717, 1.165) is 42.6 Å². The van der Waals surface area contributed by atoms with Crippen LogP contribution in [0.2, 0.25) is 0 Å². The van der Waals surface area contributed by atoms with Crippen molar-refractivity contribution in [2.45, 2.75) is 46.1 Å². The zero-order valence-corrected chi connectivity index (χ0v) is 22.2. The van der Waals surface area contributed by atoms with E-state index < -0.39 is 6.04 Å². The highest BCUT2D eigenvalue weighted by Crippen LogP contribution is 2.28. The largest absolute Gasteiger partial charge is 0.494 e. The van der Waals surface area contributed by atoms with Crippen LogP contribution in [0.3, 0.4) is 0 Å². The summed E-state index contributed by atoms with van der Waals surface area (Å²) in [5.41, 5.74) is 2.52. The third-order valence-electron chi connectivity index (χ3n) is 6.97. The minimum Gasteiger partial charge on any atom is -0.494 e. The van der Waals surface area contributed by atoms with E-state index in [1.165, 1.54) is 12.8 Å². The van der Waals surface area contributed by atoms with Gasteiger partial charge >= 0.3 is 0 Å². The third kappa shape index (κ3) is 6.23. The van der Waals surface area contributed by atoms with Gasteiger partial charge < -0.3 is 19.9 Å². The van der Waals surface area contributed by atoms with Crippen molar-refractivity contribution >= 4 is 40.5 Å². The van der Waals surface area contributed by atoms with Crippen molar-refractivity contribution in [2.24, 2.45) is 5.92 Å². The second-order valence-corrected chi connectivity index (χ2v) is 10.1. The van der Waals surface area contributed by atoms with Crippen molar-refractivity contribution in [3.8, 4) is 5.75 Å². The van der Waals surface area contributed by atoms with Gasteiger partial charge in [-0.1, -0.05) is 24.6 Å². The highest BCUT2D eigenvalue weighted by atomic mass is 32.1. The molecule has 2 amide bonds. The second kappa shape index (κ2) is 11.8. The van der Waals surface area contributed by atoms with E-state index in [1.54, 1.807) is 17.0 Å². The number of ether oxygens (including phenoxy) is 1. The average molecular weight is 509 g/mol. The average Bonchev–Trinajstić information content (AvgIpc) is 3.09. The first-order valence-electron chi connectivity index (χ1n) is 12.8. The van der Waals surface area contributed by atoms with Crippen LogP contribution in [0.1, 0.15) is 38.7 Å². The Labute approximate surface area is 219 Å². The SMILES string of the molecule is CCOc1ccc(NC(=O)C[C@H]2C(=O)N(c3ccc(C)cc3)C(=S)N2CCN2CCC(C)CC2)cc1. The van der Waals surface area contributed by atoms with Crippen molar-refractivity contribution in [2.75, 3.05) is 43.0 Å². The molecule has 2 heterocycles. The number of nitrogens with zero attached hydrogens (tertiary/aromatic N) is 3. The zero-order valence-electron chi connectivity index (χ0n) is 21.4. The van der Waals surface area contributed by atoms with Crippen LogP contribution in [-0.4, -0.2) is 65.6 Å². The zero-order chi connectivity index (χ0) is 25.7. The summed E-state index contributed by atoms with van der Waals surface area (Å²) in [6, 6.07) is 14.4. The Morgan fingerprint density at radius 3 is 2.36 bits per heavy atom. The molecule has 2 aromatic carbocycles. The highest BCUT2D eigenvalue weighted by Gasteiger charge is 2.44. The van der Waals surface area contributed by atoms with Crippen LogP contribution in [0.4, 0.5) is 11.4 Å². The fraction of sp³-hybridized carbons (Fsp3) is 0.464. The molecule has 0 aromatic heterocycles. The Balaban J connectivity index is 1.47. The van der Waals surface area contributed by atoms with E-state index in [-0.39, 0.29) is 18.2 Å². The van der Waals surface area contributed by atoms with Crippen molar-refractivity contribution in [1.82, 2.24) is 9.80 Å². The molecule has 1 atom stereocenters. The van der Waals surface area contributed by atoms with Gasteiger partial charge in [-0.2, -0.15) is 0 Å². The first kappa shape index (κ1) is 26.1. The molecule has 0 unspecified atom stereocenters. The summed E-state index contributed by atoms with van der Waals surface area (Å²) in [6.45, 7) is 10.4. The van der Waals surface area contributed by atoms with Gasteiger partial charge in [0.15, 0.2) is 5.11 Å². The third-order valence-corrected chi connectivity index (χ3v) is 7.39. The number of carbonyl (C=O) groups is 2. The molecular weight excluding hydrogens is 472 g/mol. The van der Waals surface area contributed by atoms with E-state index >= 15 is 0 Å². The van der Waals surface area contributed by atoms with Gasteiger partial charge in [0.25, 0.3) is 5.91 Å². The molecule has 2 aliphatic heterocycles. The van der Waals surface area contributed by atoms with Gasteiger partial charge in [0.05, 0.1) is 18.7 Å². The predicted octanol–water partition coefficient (Wildman–Crippen LogP) is 4.46. The summed E-state index contributed by atoms with van der Waals surface area (Å²) < 4.78 is 5.47. The van der Waals surface area contributed by atoms with Crippen molar-refractivity contribution in [1.29, 1.82) is 0 Å². The van der Waals surface area contributed by atoms with Crippen molar-refractivity contribution in [3.63, 3.8) is 0 Å². The Hall–Kier alpha value is -2.97. The maximum absolute atomic E-state index is 13.6. The summed E-state index contributed by atoms with van der Waals surface area (Å²) in [6.07, 6.45) is 2.41. The molecule has 7 nitrogen and oxygen atoms in total. The minimum absolute atomic E-state index is 0.0333. The first-order valence-corrected chi connectivity index (χ1v) is 13.2. The number of amides is 2. The predicted molar refractivity (Wildman–Crippen MR) is 147 cm³/mol. The van der Waals surface area contributed by atoms with Gasteiger partial charge in [0.2, 0.25) is 5.91 Å². The molecule has 8 heteroatoms. The molecule has 36 heavy (non-hydrogen) atoms. The number of likely N-dealkylation sites (tertiary alicyclic amines) is 1. The van der Waals surface area contributed by atoms with E-state index in [2.05, 4.69) is 17.1 Å². The molecule has 4 rings (SSSR count). The fourth-order valence-corrected chi connectivity index (χ4v) is 5.16. The van der Waals surface area contributed by atoms with Crippen LogP contribution in [0.25, 0.3) is 0 Å². The molecular formula is C28H36N4O3S. The summed E-state index contributed by atoms with van der Waals surface area (Å²) >= 11 is 5.81. The van der Waals surface area contributed by atoms with Crippen LogP contribution >= 0.6 is 12.2 Å². The Bertz CT molecular complexity index is 1070. The van der Waals surface area contributed by atoms with E-state index in [0.29, 0.717) is 24.0 Å². The van der Waals surface area contributed by atoms with E-state index in [1.807, 2.05) is 55.1 Å². The van der Waals surface area contributed by atoms with Gasteiger partial charge in [-0.3, -0.25) is 14.5 Å². The van der Waals surface area contributed by atoms with Crippen molar-refractivity contribution in [3.05, 3.63) is 54.1 Å². The second-order valence-electron chi connectivity index (χ2n) is 9.73. The summed E-state index contributed by atoms with van der Waals surface area (Å²) in [4.78, 5) is 32.6. The molecule has 0 bridgehead atoms. The van der Waals surface area contributed by atoms with Crippen molar-refractivity contribution < 1.29 is 14.3 Å². The monoisotopic (exact) mass is 508 g/mol. The molecule has 192 valence electrons. The topological polar surface area (TPSA) is 65.1 Å². The molecule has 0 radical (unpaired) electrons. The molecule has 2 aliphatic rings. The normalized spacial score (nSPS) is 19.1. The number of nitrogens with one attached hydrogen (secondary N) is 1. The number of hydrogen-bond donors (Lipinski definition) is 1. The van der Waals surface area contributed by atoms with Gasteiger partial charge in [-0.15, -0.1) is 0 Å². The maximum atomic E-state index is 13.6. The number of aryl methyl sites for hydroxylation is 1. The number of rotatable bonds is 9. The quantitative estimate of drug-likeness (QED) is 0.505. The minimum atomic E-state index is -0.634. The van der Waals surface area contributed by atoms with Crippen LogP contribution < -0.4 is 15.0 Å². The van der Waals surface area contributed by atoms with Gasteiger partial charge in [-0.05, 0) is 94.3 Å². The van der Waals surface area contributed by atoms with Crippen LogP contribution in [0.5, 0.6) is 5.75 Å². The lowest BCUT2D eigenvalue weighted by Gasteiger charge is -2.32. The number of anilines is 2. The smallest absolute Gasteiger partial charge is 0.256 e. The number of piperidine rings is 1. The molecule has 2 aromatic rings. The molecule has 0 spiro atoms. The maximum Gasteiger partial charge on any atom is 0.256 e. The molecule has 0 saturated carbocycles. The fourth-order valence-electron chi connectivity index (χ4n) is 4.74. The summed E-state index contributed by atoms with van der Waals surface area (Å²) in [5, 5.41) is 3.39. The molecule has 2 saturated heterocycles. The number of hydrogen-bond acceptors (Lipinski definition) is 5. The van der Waals surface area contributed by atoms with Crippen LogP contribution in [0, 0.1) is 12.8 Å². The Kier molecular flexibility index (Phi) is 8.59. The Morgan fingerprint density at radius 1 is 1.06 bits per heavy atom. The first-order chi connectivity index (χ1) is 17.4. The number of carbonyl (C=O) groups excluding carboxylic acids is 2.